The maximum atomic E-state index is 5.65. The van der Waals surface area contributed by atoms with Gasteiger partial charge in [-0.05, 0) is 25.8 Å². The molecule has 1 atom stereocenters. The van der Waals surface area contributed by atoms with Crippen LogP contribution < -0.4 is 11.1 Å². The second-order valence-electron chi connectivity index (χ2n) is 3.53. The molecule has 2 heteroatoms. The lowest BCUT2D eigenvalue weighted by Gasteiger charge is -2.28. The molecule has 66 valence electrons. The van der Waals surface area contributed by atoms with Gasteiger partial charge in [-0.15, -0.1) is 0 Å². The van der Waals surface area contributed by atoms with Crippen LogP contribution in [0.4, 0.5) is 0 Å². The fourth-order valence-electron chi connectivity index (χ4n) is 2.08. The summed E-state index contributed by atoms with van der Waals surface area (Å²) < 4.78 is 0. The number of rotatable bonds is 3. The maximum absolute atomic E-state index is 5.65. The first-order chi connectivity index (χ1) is 5.38. The molecule has 1 rings (SSSR count). The average molecular weight is 156 g/mol. The van der Waals surface area contributed by atoms with E-state index in [0.717, 1.165) is 12.5 Å². The standard InChI is InChI=1S/C9H20N2/c1-11-9(7-10)8-5-3-2-4-6-8/h8-9,11H,2-7,10H2,1H3. The van der Waals surface area contributed by atoms with Crippen LogP contribution in [0.25, 0.3) is 0 Å². The molecule has 0 aromatic carbocycles. The molecule has 0 aromatic rings. The van der Waals surface area contributed by atoms with Gasteiger partial charge in [-0.25, -0.2) is 0 Å². The Morgan fingerprint density at radius 3 is 2.45 bits per heavy atom. The monoisotopic (exact) mass is 156 g/mol. The second-order valence-corrected chi connectivity index (χ2v) is 3.53. The van der Waals surface area contributed by atoms with E-state index in [-0.39, 0.29) is 0 Å². The Morgan fingerprint density at radius 1 is 1.36 bits per heavy atom. The molecular formula is C9H20N2. The third kappa shape index (κ3) is 2.46. The first-order valence-corrected chi connectivity index (χ1v) is 4.76. The van der Waals surface area contributed by atoms with Gasteiger partial charge in [0.2, 0.25) is 0 Å². The number of nitrogens with one attached hydrogen (secondary N) is 1. The van der Waals surface area contributed by atoms with Crippen LogP contribution in [-0.2, 0) is 0 Å². The van der Waals surface area contributed by atoms with Crippen LogP contribution in [0, 0.1) is 5.92 Å². The highest BCUT2D eigenvalue weighted by Crippen LogP contribution is 2.25. The van der Waals surface area contributed by atoms with Crippen molar-refractivity contribution in [1.82, 2.24) is 5.32 Å². The molecule has 0 aliphatic heterocycles. The van der Waals surface area contributed by atoms with E-state index < -0.39 is 0 Å². The van der Waals surface area contributed by atoms with E-state index in [1.165, 1.54) is 32.1 Å². The van der Waals surface area contributed by atoms with Gasteiger partial charge in [-0.1, -0.05) is 19.3 Å². The van der Waals surface area contributed by atoms with Gasteiger partial charge in [0.25, 0.3) is 0 Å². The summed E-state index contributed by atoms with van der Waals surface area (Å²) in [7, 11) is 2.02. The Hall–Kier alpha value is -0.0800. The molecule has 0 bridgehead atoms. The molecule has 3 N–H and O–H groups in total. The van der Waals surface area contributed by atoms with Crippen molar-refractivity contribution < 1.29 is 0 Å². The van der Waals surface area contributed by atoms with Crippen LogP contribution in [0.3, 0.4) is 0 Å². The van der Waals surface area contributed by atoms with Crippen LogP contribution in [0.15, 0.2) is 0 Å². The molecule has 1 fully saturated rings. The zero-order chi connectivity index (χ0) is 8.10. The number of hydrogen-bond donors (Lipinski definition) is 2. The topological polar surface area (TPSA) is 38.0 Å². The van der Waals surface area contributed by atoms with Gasteiger partial charge in [0.05, 0.1) is 0 Å². The van der Waals surface area contributed by atoms with Crippen molar-refractivity contribution in [1.29, 1.82) is 0 Å². The molecule has 0 aromatic heterocycles. The Labute approximate surface area is 69.5 Å². The molecule has 0 amide bonds. The summed E-state index contributed by atoms with van der Waals surface area (Å²) in [6.45, 7) is 0.793. The zero-order valence-electron chi connectivity index (χ0n) is 7.47. The first kappa shape index (κ1) is 9.01. The fraction of sp³-hybridized carbons (Fsp3) is 1.00. The Bertz CT molecular complexity index is 93.7. The van der Waals surface area contributed by atoms with Crippen molar-refractivity contribution >= 4 is 0 Å². The van der Waals surface area contributed by atoms with E-state index in [1.54, 1.807) is 0 Å². The maximum Gasteiger partial charge on any atom is 0.0215 e. The molecule has 1 aliphatic rings. The largest absolute Gasteiger partial charge is 0.329 e. The smallest absolute Gasteiger partial charge is 0.0215 e. The average Bonchev–Trinajstić information content (AvgIpc) is 2.09. The second kappa shape index (κ2) is 4.73. The van der Waals surface area contributed by atoms with Gasteiger partial charge in [0.15, 0.2) is 0 Å². The van der Waals surface area contributed by atoms with Crippen LogP contribution in [-0.4, -0.2) is 19.6 Å². The third-order valence-corrected chi connectivity index (χ3v) is 2.84. The van der Waals surface area contributed by atoms with Crippen molar-refractivity contribution in [3.63, 3.8) is 0 Å². The Morgan fingerprint density at radius 2 is 2.00 bits per heavy atom. The minimum Gasteiger partial charge on any atom is -0.329 e. The van der Waals surface area contributed by atoms with E-state index in [2.05, 4.69) is 5.32 Å². The van der Waals surface area contributed by atoms with E-state index in [9.17, 15) is 0 Å². The summed E-state index contributed by atoms with van der Waals surface area (Å²) in [6, 6.07) is 0.565. The molecule has 1 saturated carbocycles. The van der Waals surface area contributed by atoms with Crippen LogP contribution in [0.2, 0.25) is 0 Å². The fourth-order valence-corrected chi connectivity index (χ4v) is 2.08. The third-order valence-electron chi connectivity index (χ3n) is 2.84. The number of likely N-dealkylation sites (N-methyl/N-ethyl adjacent to an activating group) is 1. The predicted octanol–water partition coefficient (Wildman–Crippen LogP) is 1.11. The SMILES string of the molecule is CNC(CN)C1CCCCC1. The lowest BCUT2D eigenvalue weighted by Crippen LogP contribution is -2.40. The summed E-state index contributed by atoms with van der Waals surface area (Å²) in [5.74, 6) is 0.846. The van der Waals surface area contributed by atoms with E-state index >= 15 is 0 Å². The van der Waals surface area contributed by atoms with Crippen molar-refractivity contribution in [2.24, 2.45) is 11.7 Å². The molecule has 0 radical (unpaired) electrons. The summed E-state index contributed by atoms with van der Waals surface area (Å²) >= 11 is 0. The minimum absolute atomic E-state index is 0.565. The van der Waals surface area contributed by atoms with Gasteiger partial charge in [0.1, 0.15) is 0 Å². The van der Waals surface area contributed by atoms with Gasteiger partial charge in [0, 0.05) is 12.6 Å². The van der Waals surface area contributed by atoms with E-state index in [1.807, 2.05) is 7.05 Å². The highest BCUT2D eigenvalue weighted by atomic mass is 14.9. The molecule has 0 saturated heterocycles. The zero-order valence-corrected chi connectivity index (χ0v) is 7.47. The lowest BCUT2D eigenvalue weighted by atomic mass is 9.84. The summed E-state index contributed by atoms with van der Waals surface area (Å²) in [4.78, 5) is 0. The highest BCUT2D eigenvalue weighted by molar-refractivity contribution is 4.78. The van der Waals surface area contributed by atoms with Crippen molar-refractivity contribution in [2.75, 3.05) is 13.6 Å². The van der Waals surface area contributed by atoms with Crippen molar-refractivity contribution in [2.45, 2.75) is 38.1 Å². The predicted molar refractivity (Wildman–Crippen MR) is 48.5 cm³/mol. The molecule has 0 spiro atoms. The van der Waals surface area contributed by atoms with E-state index in [0.29, 0.717) is 6.04 Å². The van der Waals surface area contributed by atoms with E-state index in [4.69, 9.17) is 5.73 Å². The molecular weight excluding hydrogens is 136 g/mol. The van der Waals surface area contributed by atoms with Crippen LogP contribution in [0.1, 0.15) is 32.1 Å². The minimum atomic E-state index is 0.565. The quantitative estimate of drug-likeness (QED) is 0.642. The number of hydrogen-bond acceptors (Lipinski definition) is 2. The molecule has 1 aliphatic carbocycles. The molecule has 2 nitrogen and oxygen atoms in total. The summed E-state index contributed by atoms with van der Waals surface area (Å²) in [5, 5.41) is 3.30. The van der Waals surface area contributed by atoms with Gasteiger partial charge in [-0.3, -0.25) is 0 Å². The molecule has 0 heterocycles. The summed E-state index contributed by atoms with van der Waals surface area (Å²) in [6.07, 6.45) is 6.99. The number of nitrogens with two attached hydrogens (primary N) is 1. The first-order valence-electron chi connectivity index (χ1n) is 4.76. The van der Waals surface area contributed by atoms with Crippen molar-refractivity contribution in [3.05, 3.63) is 0 Å². The normalized spacial score (nSPS) is 23.5. The van der Waals surface area contributed by atoms with Crippen LogP contribution >= 0.6 is 0 Å². The van der Waals surface area contributed by atoms with Gasteiger partial charge >= 0.3 is 0 Å². The molecule has 1 unspecified atom stereocenters. The summed E-state index contributed by atoms with van der Waals surface area (Å²) in [5.41, 5.74) is 5.65. The highest BCUT2D eigenvalue weighted by Gasteiger charge is 2.20. The Balaban J connectivity index is 2.30. The van der Waals surface area contributed by atoms with Crippen molar-refractivity contribution in [3.8, 4) is 0 Å². The van der Waals surface area contributed by atoms with Gasteiger partial charge in [-0.2, -0.15) is 0 Å². The van der Waals surface area contributed by atoms with Crippen LogP contribution in [0.5, 0.6) is 0 Å². The Kier molecular flexibility index (Phi) is 3.87. The van der Waals surface area contributed by atoms with Gasteiger partial charge < -0.3 is 11.1 Å². The molecule has 11 heavy (non-hydrogen) atoms. The lowest BCUT2D eigenvalue weighted by molar-refractivity contribution is 0.282.